The molecule has 5 heteroatoms. The van der Waals surface area contributed by atoms with Gasteiger partial charge in [-0.3, -0.25) is 4.79 Å². The van der Waals surface area contributed by atoms with Crippen LogP contribution in [0.3, 0.4) is 0 Å². The summed E-state index contributed by atoms with van der Waals surface area (Å²) in [6, 6.07) is 0. The lowest BCUT2D eigenvalue weighted by Gasteiger charge is -2.36. The molecular weight excluding hydrogens is 252 g/mol. The van der Waals surface area contributed by atoms with E-state index in [2.05, 4.69) is 36.0 Å². The Morgan fingerprint density at radius 2 is 2.25 bits per heavy atom. The molecule has 2 saturated heterocycles. The van der Waals surface area contributed by atoms with E-state index < -0.39 is 0 Å². The third kappa shape index (κ3) is 1.95. The first-order valence-corrected chi connectivity index (χ1v) is 7.59. The van der Waals surface area contributed by atoms with Crippen LogP contribution in [0.1, 0.15) is 27.2 Å². The molecule has 2 aliphatic rings. The molecule has 5 nitrogen and oxygen atoms in total. The molecule has 0 radical (unpaired) electrons. The van der Waals surface area contributed by atoms with Crippen molar-refractivity contribution < 1.29 is 0 Å². The normalized spacial score (nSPS) is 27.9. The van der Waals surface area contributed by atoms with Gasteiger partial charge in [-0.1, -0.05) is 6.92 Å². The fourth-order valence-corrected chi connectivity index (χ4v) is 3.82. The second-order valence-corrected chi connectivity index (χ2v) is 6.54. The van der Waals surface area contributed by atoms with Gasteiger partial charge in [0.15, 0.2) is 5.82 Å². The maximum Gasteiger partial charge on any atom is 0.293 e. The van der Waals surface area contributed by atoms with Crippen LogP contribution in [0.25, 0.3) is 0 Å². The Balaban J connectivity index is 1.98. The highest BCUT2D eigenvalue weighted by atomic mass is 16.1. The number of nitrogens with zero attached hydrogens (tertiary/aromatic N) is 3. The van der Waals surface area contributed by atoms with Gasteiger partial charge in [0.05, 0.1) is 0 Å². The van der Waals surface area contributed by atoms with Crippen molar-refractivity contribution in [1.82, 2.24) is 14.9 Å². The number of hydrogen-bond acceptors (Lipinski definition) is 4. The minimum absolute atomic E-state index is 0.00821. The lowest BCUT2D eigenvalue weighted by molar-refractivity contribution is 0.355. The Morgan fingerprint density at radius 3 is 2.95 bits per heavy atom. The highest BCUT2D eigenvalue weighted by molar-refractivity contribution is 5.43. The molecule has 0 bridgehead atoms. The van der Waals surface area contributed by atoms with Gasteiger partial charge in [-0.2, -0.15) is 0 Å². The summed E-state index contributed by atoms with van der Waals surface area (Å²) in [7, 11) is 0. The molecule has 1 aromatic rings. The number of aryl methyl sites for hydroxylation is 1. The van der Waals surface area contributed by atoms with Gasteiger partial charge in [0.2, 0.25) is 0 Å². The molecule has 3 rings (SSSR count). The van der Waals surface area contributed by atoms with Crippen molar-refractivity contribution in [1.29, 1.82) is 0 Å². The van der Waals surface area contributed by atoms with E-state index in [1.807, 2.05) is 0 Å². The molecule has 2 atom stereocenters. The molecule has 2 fully saturated rings. The van der Waals surface area contributed by atoms with E-state index in [1.165, 1.54) is 0 Å². The van der Waals surface area contributed by atoms with Crippen LogP contribution in [0, 0.1) is 11.8 Å². The zero-order valence-electron chi connectivity index (χ0n) is 12.6. The minimum atomic E-state index is -0.00821. The Kier molecular flexibility index (Phi) is 3.32. The molecule has 3 heterocycles. The molecule has 110 valence electrons. The second kappa shape index (κ2) is 4.88. The Hall–Kier alpha value is -1.36. The summed E-state index contributed by atoms with van der Waals surface area (Å²) in [5.74, 6) is 1.86. The van der Waals surface area contributed by atoms with Gasteiger partial charge in [-0.25, -0.2) is 4.98 Å². The summed E-state index contributed by atoms with van der Waals surface area (Å²) in [6.07, 6.45) is 4.51. The van der Waals surface area contributed by atoms with Gasteiger partial charge >= 0.3 is 0 Å². The largest absolute Gasteiger partial charge is 0.346 e. The molecule has 20 heavy (non-hydrogen) atoms. The zero-order valence-corrected chi connectivity index (χ0v) is 12.6. The van der Waals surface area contributed by atoms with Gasteiger partial charge in [-0.15, -0.1) is 0 Å². The minimum Gasteiger partial charge on any atom is -0.346 e. The van der Waals surface area contributed by atoms with Crippen LogP contribution >= 0.6 is 0 Å². The Labute approximate surface area is 120 Å². The number of nitrogens with one attached hydrogen (secondary N) is 1. The summed E-state index contributed by atoms with van der Waals surface area (Å²) >= 11 is 0. The topological polar surface area (TPSA) is 50.2 Å². The standard InChI is InChI=1S/C15H24N4O/c1-4-6-18-7-5-17-13(14(18)20)19-10-11-8-16-9-12(11)15(19,2)3/h5,7,11-12,16H,4,6,8-10H2,1-3H3. The first kappa shape index (κ1) is 13.6. The van der Waals surface area contributed by atoms with Crippen molar-refractivity contribution >= 4 is 5.82 Å². The SMILES string of the molecule is CCCn1ccnc(N2CC3CNCC3C2(C)C)c1=O. The first-order chi connectivity index (χ1) is 9.55. The summed E-state index contributed by atoms with van der Waals surface area (Å²) in [5, 5.41) is 3.47. The Bertz CT molecular complexity index is 551. The Morgan fingerprint density at radius 1 is 1.45 bits per heavy atom. The molecule has 0 spiro atoms. The van der Waals surface area contributed by atoms with E-state index in [1.54, 1.807) is 17.0 Å². The van der Waals surface area contributed by atoms with Gasteiger partial charge < -0.3 is 14.8 Å². The highest BCUT2D eigenvalue weighted by Gasteiger charge is 2.50. The van der Waals surface area contributed by atoms with E-state index in [4.69, 9.17) is 0 Å². The van der Waals surface area contributed by atoms with E-state index in [9.17, 15) is 4.79 Å². The van der Waals surface area contributed by atoms with Gasteiger partial charge in [-0.05, 0) is 32.1 Å². The molecular formula is C15H24N4O. The van der Waals surface area contributed by atoms with E-state index in [0.29, 0.717) is 17.7 Å². The van der Waals surface area contributed by atoms with Crippen LogP contribution in [0.2, 0.25) is 0 Å². The van der Waals surface area contributed by atoms with Crippen molar-refractivity contribution in [3.05, 3.63) is 22.7 Å². The molecule has 0 aliphatic carbocycles. The lowest BCUT2D eigenvalue weighted by atomic mass is 9.85. The number of aromatic nitrogens is 2. The van der Waals surface area contributed by atoms with Crippen molar-refractivity contribution in [2.45, 2.75) is 39.3 Å². The highest BCUT2D eigenvalue weighted by Crippen LogP contribution is 2.41. The van der Waals surface area contributed by atoms with E-state index in [-0.39, 0.29) is 11.1 Å². The summed E-state index contributed by atoms with van der Waals surface area (Å²) < 4.78 is 1.78. The number of fused-ring (bicyclic) bond motifs is 1. The van der Waals surface area contributed by atoms with Crippen LogP contribution in [-0.4, -0.2) is 34.7 Å². The van der Waals surface area contributed by atoms with Crippen LogP contribution in [0.4, 0.5) is 5.82 Å². The number of rotatable bonds is 3. The van der Waals surface area contributed by atoms with Gasteiger partial charge in [0.25, 0.3) is 5.56 Å². The fraction of sp³-hybridized carbons (Fsp3) is 0.733. The van der Waals surface area contributed by atoms with Crippen LogP contribution < -0.4 is 15.8 Å². The predicted octanol–water partition coefficient (Wildman–Crippen LogP) is 1.09. The van der Waals surface area contributed by atoms with E-state index >= 15 is 0 Å². The van der Waals surface area contributed by atoms with Crippen LogP contribution in [-0.2, 0) is 6.54 Å². The third-order valence-electron chi connectivity index (χ3n) is 4.98. The molecule has 1 N–H and O–H groups in total. The summed E-state index contributed by atoms with van der Waals surface area (Å²) in [6.45, 7) is 10.4. The van der Waals surface area contributed by atoms with E-state index in [0.717, 1.165) is 32.6 Å². The summed E-state index contributed by atoms with van der Waals surface area (Å²) in [4.78, 5) is 19.2. The quantitative estimate of drug-likeness (QED) is 0.898. The van der Waals surface area contributed by atoms with Crippen LogP contribution in [0.15, 0.2) is 17.2 Å². The van der Waals surface area contributed by atoms with Crippen LogP contribution in [0.5, 0.6) is 0 Å². The molecule has 0 amide bonds. The molecule has 0 aromatic carbocycles. The van der Waals surface area contributed by atoms with Crippen molar-refractivity contribution in [2.24, 2.45) is 11.8 Å². The smallest absolute Gasteiger partial charge is 0.293 e. The zero-order chi connectivity index (χ0) is 14.3. The average molecular weight is 276 g/mol. The third-order valence-corrected chi connectivity index (χ3v) is 4.98. The maximum atomic E-state index is 12.6. The maximum absolute atomic E-state index is 12.6. The van der Waals surface area contributed by atoms with Crippen molar-refractivity contribution in [3.8, 4) is 0 Å². The van der Waals surface area contributed by atoms with Gasteiger partial charge in [0.1, 0.15) is 0 Å². The molecule has 1 aromatic heterocycles. The monoisotopic (exact) mass is 276 g/mol. The first-order valence-electron chi connectivity index (χ1n) is 7.59. The number of hydrogen-bond donors (Lipinski definition) is 1. The molecule has 0 saturated carbocycles. The molecule has 2 aliphatic heterocycles. The fourth-order valence-electron chi connectivity index (χ4n) is 3.82. The second-order valence-electron chi connectivity index (χ2n) is 6.54. The average Bonchev–Trinajstić information content (AvgIpc) is 2.96. The van der Waals surface area contributed by atoms with Gasteiger partial charge in [0, 0.05) is 44.1 Å². The number of anilines is 1. The molecule has 2 unspecified atom stereocenters. The summed E-state index contributed by atoms with van der Waals surface area (Å²) in [5.41, 5.74) is 0.0430. The van der Waals surface area contributed by atoms with Crippen molar-refractivity contribution in [3.63, 3.8) is 0 Å². The van der Waals surface area contributed by atoms with Crippen molar-refractivity contribution in [2.75, 3.05) is 24.5 Å². The predicted molar refractivity (Wildman–Crippen MR) is 80.1 cm³/mol. The lowest BCUT2D eigenvalue weighted by Crippen LogP contribution is -2.47.